The van der Waals surface area contributed by atoms with E-state index < -0.39 is 0 Å². The van der Waals surface area contributed by atoms with Gasteiger partial charge in [0.1, 0.15) is 10.9 Å². The molecule has 0 bridgehead atoms. The first-order chi connectivity index (χ1) is 10.2. The molecule has 2 aromatic heterocycles. The lowest BCUT2D eigenvalue weighted by molar-refractivity contribution is 0.763. The van der Waals surface area contributed by atoms with Crippen molar-refractivity contribution in [2.24, 2.45) is 12.8 Å². The molecular weight excluding hydrogens is 282 g/mol. The van der Waals surface area contributed by atoms with Crippen molar-refractivity contribution in [2.45, 2.75) is 23.5 Å². The summed E-state index contributed by atoms with van der Waals surface area (Å²) >= 11 is 1.54. The molecule has 0 aliphatic carbocycles. The first-order valence-corrected chi connectivity index (χ1v) is 7.63. The number of rotatable bonds is 4. The third kappa shape index (κ3) is 2.77. The van der Waals surface area contributed by atoms with Gasteiger partial charge in [-0.05, 0) is 49.3 Å². The van der Waals surface area contributed by atoms with Crippen molar-refractivity contribution >= 4 is 22.7 Å². The number of benzene rings is 1. The summed E-state index contributed by atoms with van der Waals surface area (Å²) in [6.07, 6.45) is 0.803. The van der Waals surface area contributed by atoms with Gasteiger partial charge >= 0.3 is 0 Å². The van der Waals surface area contributed by atoms with Crippen LogP contribution in [0.15, 0.2) is 40.5 Å². The summed E-state index contributed by atoms with van der Waals surface area (Å²) < 4.78 is 1.97. The van der Waals surface area contributed by atoms with E-state index in [-0.39, 0.29) is 0 Å². The number of hydrogen-bond acceptors (Lipinski definition) is 5. The van der Waals surface area contributed by atoms with Crippen LogP contribution < -0.4 is 5.73 Å². The molecule has 0 saturated heterocycles. The first-order valence-electron chi connectivity index (χ1n) is 6.81. The van der Waals surface area contributed by atoms with Crippen molar-refractivity contribution in [1.82, 2.24) is 19.7 Å². The van der Waals surface area contributed by atoms with Crippen LogP contribution in [0.25, 0.3) is 10.9 Å². The predicted molar refractivity (Wildman–Crippen MR) is 84.4 cm³/mol. The standard InChI is InChI=1S/C15H17N5S/c1-10-18-19-15(20(10)2)21-14-12(7-8-16)9-11-5-3-4-6-13(11)17-14/h3-6,9H,7-8,16H2,1-2H3. The molecule has 0 unspecified atom stereocenters. The zero-order valence-corrected chi connectivity index (χ0v) is 12.9. The summed E-state index contributed by atoms with van der Waals surface area (Å²) in [5, 5.41) is 11.2. The molecule has 0 fully saturated rings. The van der Waals surface area contributed by atoms with E-state index in [0.29, 0.717) is 6.54 Å². The topological polar surface area (TPSA) is 69.6 Å². The molecule has 3 aromatic rings. The molecule has 5 nitrogen and oxygen atoms in total. The van der Waals surface area contributed by atoms with Gasteiger partial charge in [-0.3, -0.25) is 0 Å². The molecule has 0 amide bonds. The van der Waals surface area contributed by atoms with Crippen molar-refractivity contribution in [3.05, 3.63) is 41.7 Å². The van der Waals surface area contributed by atoms with Crippen molar-refractivity contribution < 1.29 is 0 Å². The fourth-order valence-electron chi connectivity index (χ4n) is 2.13. The molecule has 1 aromatic carbocycles. The fourth-order valence-corrected chi connectivity index (χ4v) is 3.09. The number of fused-ring (bicyclic) bond motifs is 1. The highest BCUT2D eigenvalue weighted by Crippen LogP contribution is 2.30. The molecule has 3 rings (SSSR count). The zero-order valence-electron chi connectivity index (χ0n) is 12.1. The van der Waals surface area contributed by atoms with E-state index in [1.807, 2.05) is 36.7 Å². The van der Waals surface area contributed by atoms with E-state index in [1.165, 1.54) is 11.8 Å². The Hall–Kier alpha value is -1.92. The van der Waals surface area contributed by atoms with Crippen LogP contribution in [-0.4, -0.2) is 26.3 Å². The summed E-state index contributed by atoms with van der Waals surface area (Å²) in [5.74, 6) is 0.888. The first kappa shape index (κ1) is 14.0. The van der Waals surface area contributed by atoms with E-state index in [1.54, 1.807) is 0 Å². The lowest BCUT2D eigenvalue weighted by atomic mass is 10.1. The van der Waals surface area contributed by atoms with Crippen LogP contribution in [0.4, 0.5) is 0 Å². The van der Waals surface area contributed by atoms with Gasteiger partial charge in [0.2, 0.25) is 0 Å². The summed E-state index contributed by atoms with van der Waals surface area (Å²) in [6, 6.07) is 10.3. The highest BCUT2D eigenvalue weighted by atomic mass is 32.2. The van der Waals surface area contributed by atoms with Gasteiger partial charge in [0, 0.05) is 12.4 Å². The van der Waals surface area contributed by atoms with Gasteiger partial charge in [0.15, 0.2) is 5.16 Å². The smallest absolute Gasteiger partial charge is 0.197 e. The van der Waals surface area contributed by atoms with E-state index in [4.69, 9.17) is 10.7 Å². The molecule has 6 heteroatoms. The molecule has 0 radical (unpaired) electrons. The molecular formula is C15H17N5S. The van der Waals surface area contributed by atoms with Crippen LogP contribution in [0.5, 0.6) is 0 Å². The van der Waals surface area contributed by atoms with Crippen LogP contribution in [-0.2, 0) is 13.5 Å². The third-order valence-corrected chi connectivity index (χ3v) is 4.50. The van der Waals surface area contributed by atoms with E-state index >= 15 is 0 Å². The van der Waals surface area contributed by atoms with Gasteiger partial charge < -0.3 is 10.3 Å². The highest BCUT2D eigenvalue weighted by Gasteiger charge is 2.12. The van der Waals surface area contributed by atoms with Crippen molar-refractivity contribution in [1.29, 1.82) is 0 Å². The van der Waals surface area contributed by atoms with Crippen molar-refractivity contribution in [3.8, 4) is 0 Å². The Morgan fingerprint density at radius 2 is 2.05 bits per heavy atom. The predicted octanol–water partition coefficient (Wildman–Crippen LogP) is 2.32. The van der Waals surface area contributed by atoms with E-state index in [0.717, 1.165) is 38.9 Å². The molecule has 21 heavy (non-hydrogen) atoms. The number of para-hydroxylation sites is 1. The number of aryl methyl sites for hydroxylation is 1. The zero-order chi connectivity index (χ0) is 14.8. The maximum absolute atomic E-state index is 5.73. The van der Waals surface area contributed by atoms with Crippen LogP contribution in [0.2, 0.25) is 0 Å². The molecule has 108 valence electrons. The van der Waals surface area contributed by atoms with Crippen LogP contribution >= 0.6 is 11.8 Å². The molecule has 0 atom stereocenters. The second kappa shape index (κ2) is 5.83. The monoisotopic (exact) mass is 299 g/mol. The summed E-state index contributed by atoms with van der Waals surface area (Å²) in [5.41, 5.74) is 7.87. The maximum Gasteiger partial charge on any atom is 0.197 e. The molecule has 0 aliphatic rings. The summed E-state index contributed by atoms with van der Waals surface area (Å²) in [6.45, 7) is 2.54. The quantitative estimate of drug-likeness (QED) is 0.800. The lowest BCUT2D eigenvalue weighted by Crippen LogP contribution is -2.05. The third-order valence-electron chi connectivity index (χ3n) is 3.42. The molecule has 2 N–H and O–H groups in total. The fraction of sp³-hybridized carbons (Fsp3) is 0.267. The number of pyridine rings is 1. The minimum absolute atomic E-state index is 0.603. The Morgan fingerprint density at radius 1 is 1.24 bits per heavy atom. The Kier molecular flexibility index (Phi) is 3.90. The lowest BCUT2D eigenvalue weighted by Gasteiger charge is -2.09. The van der Waals surface area contributed by atoms with Crippen LogP contribution in [0.3, 0.4) is 0 Å². The van der Waals surface area contributed by atoms with Crippen molar-refractivity contribution in [3.63, 3.8) is 0 Å². The van der Waals surface area contributed by atoms with Gasteiger partial charge in [-0.1, -0.05) is 18.2 Å². The van der Waals surface area contributed by atoms with Gasteiger partial charge in [0.25, 0.3) is 0 Å². The van der Waals surface area contributed by atoms with Crippen molar-refractivity contribution in [2.75, 3.05) is 6.54 Å². The van der Waals surface area contributed by atoms with Gasteiger partial charge in [-0.2, -0.15) is 0 Å². The minimum atomic E-state index is 0.603. The minimum Gasteiger partial charge on any atom is -0.330 e. The second-order valence-electron chi connectivity index (χ2n) is 4.87. The van der Waals surface area contributed by atoms with Crippen LogP contribution in [0, 0.1) is 6.92 Å². The molecule has 0 aliphatic heterocycles. The number of hydrogen-bond donors (Lipinski definition) is 1. The van der Waals surface area contributed by atoms with E-state index in [2.05, 4.69) is 22.3 Å². The average Bonchev–Trinajstić information content (AvgIpc) is 2.80. The Labute approximate surface area is 127 Å². The highest BCUT2D eigenvalue weighted by molar-refractivity contribution is 7.99. The molecule has 0 saturated carbocycles. The second-order valence-corrected chi connectivity index (χ2v) is 5.83. The Morgan fingerprint density at radius 3 is 2.76 bits per heavy atom. The summed E-state index contributed by atoms with van der Waals surface area (Å²) in [7, 11) is 1.96. The van der Waals surface area contributed by atoms with Crippen LogP contribution in [0.1, 0.15) is 11.4 Å². The Balaban J connectivity index is 2.06. The summed E-state index contributed by atoms with van der Waals surface area (Å²) in [4.78, 5) is 4.77. The maximum atomic E-state index is 5.73. The largest absolute Gasteiger partial charge is 0.330 e. The SMILES string of the molecule is Cc1nnc(Sc2nc3ccccc3cc2CCN)n1C. The number of aromatic nitrogens is 4. The normalized spacial score (nSPS) is 11.2. The van der Waals surface area contributed by atoms with Gasteiger partial charge in [0.05, 0.1) is 5.52 Å². The average molecular weight is 299 g/mol. The van der Waals surface area contributed by atoms with E-state index in [9.17, 15) is 0 Å². The number of nitrogens with zero attached hydrogens (tertiary/aromatic N) is 4. The van der Waals surface area contributed by atoms with Gasteiger partial charge in [-0.15, -0.1) is 10.2 Å². The molecule has 0 spiro atoms. The Bertz CT molecular complexity index is 781. The molecule has 2 heterocycles. The van der Waals surface area contributed by atoms with Gasteiger partial charge in [-0.25, -0.2) is 4.98 Å². The number of nitrogens with two attached hydrogens (primary N) is 1.